The van der Waals surface area contributed by atoms with Crippen LogP contribution < -0.4 is 10.6 Å². The molecule has 0 aliphatic heterocycles. The largest absolute Gasteiger partial charge is 0.444 e. The number of carbonyl (C=O) groups excluding carboxylic acids is 2. The van der Waals surface area contributed by atoms with Crippen molar-refractivity contribution in [2.45, 2.75) is 39.2 Å². The summed E-state index contributed by atoms with van der Waals surface area (Å²) in [6.45, 7) is 9.63. The van der Waals surface area contributed by atoms with Crippen LogP contribution in [0.15, 0.2) is 18.4 Å². The Morgan fingerprint density at radius 2 is 2.00 bits per heavy atom. The van der Waals surface area contributed by atoms with E-state index >= 15 is 0 Å². The topological polar surface area (TPSA) is 67.4 Å². The molecular weight excluding hydrogens is 232 g/mol. The van der Waals surface area contributed by atoms with E-state index in [1.807, 2.05) is 0 Å². The van der Waals surface area contributed by atoms with E-state index in [4.69, 9.17) is 4.74 Å². The van der Waals surface area contributed by atoms with E-state index in [0.717, 1.165) is 0 Å². The Labute approximate surface area is 108 Å². The van der Waals surface area contributed by atoms with E-state index in [1.165, 1.54) is 0 Å². The molecule has 0 aliphatic rings. The number of hydrogen-bond donors (Lipinski definition) is 2. The van der Waals surface area contributed by atoms with Gasteiger partial charge < -0.3 is 15.4 Å². The molecule has 2 amide bonds. The van der Waals surface area contributed by atoms with Gasteiger partial charge in [-0.05, 0) is 33.3 Å². The van der Waals surface area contributed by atoms with Gasteiger partial charge in [0.2, 0.25) is 5.91 Å². The minimum absolute atomic E-state index is 0.0625. The summed E-state index contributed by atoms with van der Waals surface area (Å²) in [7, 11) is 0. The van der Waals surface area contributed by atoms with Crippen LogP contribution in [-0.4, -0.2) is 30.7 Å². The highest BCUT2D eigenvalue weighted by Crippen LogP contribution is 2.06. The second-order valence-corrected chi connectivity index (χ2v) is 4.74. The van der Waals surface area contributed by atoms with Crippen molar-refractivity contribution in [3.05, 3.63) is 18.4 Å². The summed E-state index contributed by atoms with van der Waals surface area (Å²) < 4.78 is 5.05. The third-order valence-corrected chi connectivity index (χ3v) is 1.79. The van der Waals surface area contributed by atoms with Gasteiger partial charge in [0.25, 0.3) is 0 Å². The maximum Gasteiger partial charge on any atom is 0.407 e. The summed E-state index contributed by atoms with van der Waals surface area (Å²) >= 11 is 0. The van der Waals surface area contributed by atoms with Crippen molar-refractivity contribution in [1.82, 2.24) is 10.6 Å². The molecule has 0 fully saturated rings. The number of amides is 2. The smallest absolute Gasteiger partial charge is 0.407 e. The zero-order valence-electron chi connectivity index (χ0n) is 11.3. The Hall–Kier alpha value is -1.74. The monoisotopic (exact) mass is 254 g/mol. The summed E-state index contributed by atoms with van der Waals surface area (Å²) in [5, 5.41) is 5.26. The van der Waals surface area contributed by atoms with E-state index < -0.39 is 11.7 Å². The lowest BCUT2D eigenvalue weighted by atomic mass is 10.2. The molecule has 0 spiro atoms. The zero-order valence-corrected chi connectivity index (χ0v) is 11.3. The van der Waals surface area contributed by atoms with Crippen molar-refractivity contribution in [1.29, 1.82) is 0 Å². The fourth-order valence-electron chi connectivity index (χ4n) is 1.08. The number of alkyl carbamates (subject to hydrolysis) is 1. The van der Waals surface area contributed by atoms with Crippen LogP contribution in [0.3, 0.4) is 0 Å². The summed E-state index contributed by atoms with van der Waals surface area (Å²) in [5.74, 6) is -0.0625. The molecule has 0 aromatic carbocycles. The molecule has 0 unspecified atom stereocenters. The van der Waals surface area contributed by atoms with E-state index in [-0.39, 0.29) is 5.91 Å². The Bertz CT molecular complexity index is 326. The van der Waals surface area contributed by atoms with E-state index in [2.05, 4.69) is 22.9 Å². The van der Waals surface area contributed by atoms with Gasteiger partial charge in [-0.3, -0.25) is 4.79 Å². The summed E-state index contributed by atoms with van der Waals surface area (Å²) in [6, 6.07) is 0. The molecular formula is C13H22N2O3. The van der Waals surface area contributed by atoms with Crippen molar-refractivity contribution < 1.29 is 14.3 Å². The maximum absolute atomic E-state index is 11.3. The molecule has 0 rings (SSSR count). The molecule has 0 radical (unpaired) electrons. The normalized spacial score (nSPS) is 10.2. The van der Waals surface area contributed by atoms with Gasteiger partial charge in [0, 0.05) is 19.5 Å². The Kier molecular flexibility index (Phi) is 7.56. The first-order valence-corrected chi connectivity index (χ1v) is 5.93. The predicted molar refractivity (Wildman–Crippen MR) is 70.2 cm³/mol. The third kappa shape index (κ3) is 10.8. The van der Waals surface area contributed by atoms with Gasteiger partial charge in [0.15, 0.2) is 0 Å². The predicted octanol–water partition coefficient (Wildman–Crippen LogP) is 1.75. The van der Waals surface area contributed by atoms with Crippen molar-refractivity contribution in [3.8, 4) is 0 Å². The molecule has 0 atom stereocenters. The molecule has 0 heterocycles. The Morgan fingerprint density at radius 1 is 1.33 bits per heavy atom. The molecule has 5 nitrogen and oxygen atoms in total. The van der Waals surface area contributed by atoms with Crippen LogP contribution in [0.5, 0.6) is 0 Å². The number of hydrogen-bond acceptors (Lipinski definition) is 3. The highest BCUT2D eigenvalue weighted by atomic mass is 16.6. The lowest BCUT2D eigenvalue weighted by molar-refractivity contribution is -0.120. The van der Waals surface area contributed by atoms with Gasteiger partial charge in [-0.1, -0.05) is 6.58 Å². The number of ether oxygens (including phenoxy) is 1. The highest BCUT2D eigenvalue weighted by Gasteiger charge is 2.15. The molecule has 0 saturated heterocycles. The quantitative estimate of drug-likeness (QED) is 0.560. The first-order valence-electron chi connectivity index (χ1n) is 5.93. The molecule has 0 aliphatic carbocycles. The fourth-order valence-corrected chi connectivity index (χ4v) is 1.08. The highest BCUT2D eigenvalue weighted by molar-refractivity contribution is 5.76. The van der Waals surface area contributed by atoms with Crippen LogP contribution in [0.4, 0.5) is 4.79 Å². The summed E-state index contributed by atoms with van der Waals surface area (Å²) in [6.07, 6.45) is 2.11. The fraction of sp³-hybridized carbons (Fsp3) is 0.615. The van der Waals surface area contributed by atoms with Crippen molar-refractivity contribution in [2.75, 3.05) is 13.1 Å². The van der Waals surface area contributed by atoms with Gasteiger partial charge >= 0.3 is 6.09 Å². The third-order valence-electron chi connectivity index (χ3n) is 1.79. The number of carbonyl (C=O) groups is 2. The van der Waals surface area contributed by atoms with Crippen LogP contribution in [0, 0.1) is 0 Å². The molecule has 0 bridgehead atoms. The molecule has 5 heteroatoms. The van der Waals surface area contributed by atoms with Crippen LogP contribution in [0.1, 0.15) is 33.6 Å². The molecule has 0 aromatic rings. The number of rotatable bonds is 6. The van der Waals surface area contributed by atoms with Crippen LogP contribution >= 0.6 is 0 Å². The van der Waals surface area contributed by atoms with E-state index in [1.54, 1.807) is 26.8 Å². The van der Waals surface area contributed by atoms with Crippen LogP contribution in [-0.2, 0) is 9.53 Å². The molecule has 2 N–H and O–H groups in total. The van der Waals surface area contributed by atoms with Crippen molar-refractivity contribution in [3.63, 3.8) is 0 Å². The van der Waals surface area contributed by atoms with Crippen LogP contribution in [0.2, 0.25) is 0 Å². The minimum Gasteiger partial charge on any atom is -0.444 e. The molecule has 102 valence electrons. The van der Waals surface area contributed by atoms with Gasteiger partial charge in [-0.25, -0.2) is 4.79 Å². The Balaban J connectivity index is 3.58. The first kappa shape index (κ1) is 16.3. The second-order valence-electron chi connectivity index (χ2n) is 4.74. The second kappa shape index (κ2) is 8.37. The van der Waals surface area contributed by atoms with Crippen LogP contribution in [0.25, 0.3) is 0 Å². The maximum atomic E-state index is 11.3. The van der Waals surface area contributed by atoms with E-state index in [0.29, 0.717) is 25.9 Å². The SMILES string of the molecule is C=C=CCNC(=O)CCCNC(=O)OC(C)(C)C. The van der Waals surface area contributed by atoms with Crippen molar-refractivity contribution in [2.24, 2.45) is 0 Å². The standard InChI is InChI=1S/C13H22N2O3/c1-5-6-9-14-11(16)8-7-10-15-12(17)18-13(2,3)4/h6H,1,7-10H2,2-4H3,(H,14,16)(H,15,17). The first-order chi connectivity index (χ1) is 8.35. The summed E-state index contributed by atoms with van der Waals surface area (Å²) in [4.78, 5) is 22.5. The van der Waals surface area contributed by atoms with Crippen molar-refractivity contribution >= 4 is 12.0 Å². The molecule has 0 saturated carbocycles. The minimum atomic E-state index is -0.502. The lowest BCUT2D eigenvalue weighted by Crippen LogP contribution is -2.33. The van der Waals surface area contributed by atoms with E-state index in [9.17, 15) is 9.59 Å². The van der Waals surface area contributed by atoms with Gasteiger partial charge in [0.05, 0.1) is 0 Å². The lowest BCUT2D eigenvalue weighted by Gasteiger charge is -2.19. The Morgan fingerprint density at radius 3 is 2.56 bits per heavy atom. The van der Waals surface area contributed by atoms with Gasteiger partial charge in [-0.15, -0.1) is 5.73 Å². The van der Waals surface area contributed by atoms with Gasteiger partial charge in [-0.2, -0.15) is 0 Å². The average Bonchev–Trinajstić information content (AvgIpc) is 2.22. The molecule has 18 heavy (non-hydrogen) atoms. The summed E-state index contributed by atoms with van der Waals surface area (Å²) in [5.41, 5.74) is 2.06. The number of nitrogens with one attached hydrogen (secondary N) is 2. The van der Waals surface area contributed by atoms with Gasteiger partial charge in [0.1, 0.15) is 5.60 Å². The molecule has 0 aromatic heterocycles. The average molecular weight is 254 g/mol. The zero-order chi connectivity index (χ0) is 14.0.